The molecule has 0 aliphatic carbocycles. The lowest BCUT2D eigenvalue weighted by atomic mass is 9.87. The first-order valence-corrected chi connectivity index (χ1v) is 12.9. The number of aromatic nitrogens is 2. The van der Waals surface area contributed by atoms with Crippen molar-refractivity contribution in [3.8, 4) is 28.5 Å². The number of hydrogen-bond donors (Lipinski definition) is 3. The van der Waals surface area contributed by atoms with Crippen molar-refractivity contribution in [2.24, 2.45) is 5.73 Å². The van der Waals surface area contributed by atoms with Crippen molar-refractivity contribution < 1.29 is 54.8 Å². The number of ether oxygens (including phenoxy) is 3. The molecule has 0 saturated heterocycles. The van der Waals surface area contributed by atoms with Crippen molar-refractivity contribution in [1.29, 1.82) is 0 Å². The van der Waals surface area contributed by atoms with Gasteiger partial charge in [-0.3, -0.25) is 4.79 Å². The third kappa shape index (κ3) is 5.44. The monoisotopic (exact) mass is 640 g/mol. The summed E-state index contributed by atoms with van der Waals surface area (Å²) in [6, 6.07) is 9.97. The maximum Gasteiger partial charge on any atom is 0.424 e. The lowest BCUT2D eigenvalue weighted by molar-refractivity contribution is -0.265. The smallest absolute Gasteiger partial charge is 0.424 e. The maximum absolute atomic E-state index is 14.6. The predicted octanol–water partition coefficient (Wildman–Crippen LogP) is 4.74. The number of nitrogens with two attached hydrogens (primary N) is 1. The number of alkyl halides is 6. The zero-order valence-corrected chi connectivity index (χ0v) is 23.3. The van der Waals surface area contributed by atoms with Crippen molar-refractivity contribution in [3.05, 3.63) is 77.4 Å². The Morgan fingerprint density at radius 3 is 2.31 bits per heavy atom. The lowest BCUT2D eigenvalue weighted by Crippen LogP contribution is -2.53. The molecule has 2 aromatic carbocycles. The Morgan fingerprint density at radius 2 is 1.71 bits per heavy atom. The highest BCUT2D eigenvalue weighted by molar-refractivity contribution is 5.97. The number of carbonyl (C=O) groups excluding carboxylic acids is 1. The van der Waals surface area contributed by atoms with Crippen LogP contribution in [0.1, 0.15) is 21.7 Å². The Hall–Kier alpha value is -4.70. The van der Waals surface area contributed by atoms with Crippen LogP contribution in [0.4, 0.5) is 30.7 Å². The van der Waals surface area contributed by atoms with Gasteiger partial charge in [-0.05, 0) is 48.5 Å². The van der Waals surface area contributed by atoms with Crippen LogP contribution in [0, 0.1) is 5.82 Å². The highest BCUT2D eigenvalue weighted by Crippen LogP contribution is 2.51. The van der Waals surface area contributed by atoms with Gasteiger partial charge in [0.05, 0.1) is 32.0 Å². The van der Waals surface area contributed by atoms with Crippen molar-refractivity contribution >= 4 is 16.8 Å². The third-order valence-electron chi connectivity index (χ3n) is 7.35. The van der Waals surface area contributed by atoms with Crippen LogP contribution >= 0.6 is 0 Å². The molecule has 4 N–H and O–H groups in total. The Morgan fingerprint density at radius 1 is 1.02 bits per heavy atom. The number of halogens is 7. The number of methoxy groups -OCH3 is 2. The summed E-state index contributed by atoms with van der Waals surface area (Å²) in [6.07, 6.45) is -10.8. The van der Waals surface area contributed by atoms with Gasteiger partial charge in [-0.15, -0.1) is 0 Å². The molecule has 1 aliphatic heterocycles. The molecule has 1 amide bonds. The normalized spacial score (nSPS) is 17.8. The minimum Gasteiger partial charge on any atom is -0.497 e. The molecular weight excluding hydrogens is 617 g/mol. The van der Waals surface area contributed by atoms with Gasteiger partial charge in [-0.25, -0.2) is 14.4 Å². The Kier molecular flexibility index (Phi) is 7.77. The minimum absolute atomic E-state index is 0.126. The third-order valence-corrected chi connectivity index (χ3v) is 7.35. The molecule has 16 heteroatoms. The number of fused-ring (bicyclic) bond motifs is 2. The number of hydrogen-bond acceptors (Lipinski definition) is 8. The van der Waals surface area contributed by atoms with Gasteiger partial charge in [0, 0.05) is 22.6 Å². The van der Waals surface area contributed by atoms with E-state index < -0.39 is 76.8 Å². The molecule has 5 rings (SSSR count). The number of benzene rings is 2. The number of carbonyl (C=O) groups is 1. The first-order valence-electron chi connectivity index (χ1n) is 12.9. The van der Waals surface area contributed by atoms with Gasteiger partial charge >= 0.3 is 12.4 Å². The van der Waals surface area contributed by atoms with Crippen LogP contribution in [-0.2, 0) is 11.1 Å². The first kappa shape index (κ1) is 31.7. The Labute approximate surface area is 249 Å². The van der Waals surface area contributed by atoms with Gasteiger partial charge in [-0.2, -0.15) is 26.3 Å². The fraction of sp³-hybridized carbons (Fsp3) is 0.276. The van der Waals surface area contributed by atoms with Crippen molar-refractivity contribution in [1.82, 2.24) is 15.3 Å². The van der Waals surface area contributed by atoms with Crippen LogP contribution in [0.25, 0.3) is 22.2 Å². The van der Waals surface area contributed by atoms with Crippen LogP contribution in [0.3, 0.4) is 0 Å². The standard InChI is InChI=1S/C29H23F7N4O5/c1-43-16-7-8-19-17(9-16)21(44-2)11-20(39-19)25(41)38-12-27(42,29(34,35)36)22-10-18-24(45-13-26(18,37)28(31,32)33)23(40-22)14-3-5-15(30)6-4-14/h3-11,42H,12-13,37H2,1-2H3,(H,38,41)/t26-,27?/m0/s1. The molecular formula is C29H23F7N4O5. The number of amides is 1. The van der Waals surface area contributed by atoms with Crippen LogP contribution < -0.4 is 25.3 Å². The molecule has 1 aliphatic rings. The number of rotatable bonds is 7. The average Bonchev–Trinajstić information content (AvgIpc) is 3.36. The van der Waals surface area contributed by atoms with E-state index in [-0.39, 0.29) is 16.8 Å². The van der Waals surface area contributed by atoms with Crippen LogP contribution in [0.5, 0.6) is 17.2 Å². The summed E-state index contributed by atoms with van der Waals surface area (Å²) < 4.78 is 115. The highest BCUT2D eigenvalue weighted by Gasteiger charge is 2.61. The van der Waals surface area contributed by atoms with E-state index in [1.165, 1.54) is 26.4 Å². The van der Waals surface area contributed by atoms with Gasteiger partial charge < -0.3 is 30.4 Å². The number of pyridine rings is 2. The van der Waals surface area contributed by atoms with E-state index in [4.69, 9.17) is 19.9 Å². The van der Waals surface area contributed by atoms with Gasteiger partial charge in [0.1, 0.15) is 35.3 Å². The van der Waals surface area contributed by atoms with E-state index in [0.717, 1.165) is 30.3 Å². The maximum atomic E-state index is 14.6. The van der Waals surface area contributed by atoms with E-state index in [0.29, 0.717) is 17.2 Å². The molecule has 1 unspecified atom stereocenters. The summed E-state index contributed by atoms with van der Waals surface area (Å²) in [4.78, 5) is 21.0. The fourth-order valence-corrected chi connectivity index (χ4v) is 4.75. The summed E-state index contributed by atoms with van der Waals surface area (Å²) >= 11 is 0. The van der Waals surface area contributed by atoms with E-state index in [1.807, 2.05) is 5.32 Å². The van der Waals surface area contributed by atoms with Gasteiger partial charge in [-0.1, -0.05) is 0 Å². The summed E-state index contributed by atoms with van der Waals surface area (Å²) in [5, 5.41) is 13.4. The average molecular weight is 641 g/mol. The zero-order valence-electron chi connectivity index (χ0n) is 23.3. The Balaban J connectivity index is 1.59. The second kappa shape index (κ2) is 11.0. The SMILES string of the molecule is COc1ccc2nc(C(=O)NCC(O)(c3cc4c(c(-c5ccc(F)cc5)n3)OC[C@@]4(N)C(F)(F)F)C(F)(F)F)cc(OC)c2c1. The fourth-order valence-electron chi connectivity index (χ4n) is 4.75. The van der Waals surface area contributed by atoms with E-state index in [1.54, 1.807) is 6.07 Å². The second-order valence-electron chi connectivity index (χ2n) is 10.1. The molecule has 9 nitrogen and oxygen atoms in total. The number of nitrogens with zero attached hydrogens (tertiary/aromatic N) is 2. The molecule has 45 heavy (non-hydrogen) atoms. The summed E-state index contributed by atoms with van der Waals surface area (Å²) in [5.74, 6) is -1.95. The van der Waals surface area contributed by atoms with Crippen molar-refractivity contribution in [2.45, 2.75) is 23.5 Å². The highest BCUT2D eigenvalue weighted by atomic mass is 19.4. The van der Waals surface area contributed by atoms with Gasteiger partial charge in [0.25, 0.3) is 5.91 Å². The molecule has 3 heterocycles. The van der Waals surface area contributed by atoms with E-state index >= 15 is 0 Å². The molecule has 2 atom stereocenters. The van der Waals surface area contributed by atoms with Crippen LogP contribution in [0.2, 0.25) is 0 Å². The minimum atomic E-state index is -5.60. The van der Waals surface area contributed by atoms with Crippen molar-refractivity contribution in [3.63, 3.8) is 0 Å². The number of nitrogens with one attached hydrogen (secondary N) is 1. The Bertz CT molecular complexity index is 1780. The van der Waals surface area contributed by atoms with Crippen LogP contribution in [0.15, 0.2) is 54.6 Å². The number of aliphatic hydroxyl groups is 1. The molecule has 2 aromatic heterocycles. The molecule has 0 saturated carbocycles. The topological polar surface area (TPSA) is 129 Å². The summed E-state index contributed by atoms with van der Waals surface area (Å²) in [5.41, 5.74) is -4.82. The largest absolute Gasteiger partial charge is 0.497 e. The van der Waals surface area contributed by atoms with E-state index in [2.05, 4.69) is 9.97 Å². The molecule has 0 fully saturated rings. The van der Waals surface area contributed by atoms with E-state index in [9.17, 15) is 40.6 Å². The van der Waals surface area contributed by atoms with Crippen LogP contribution in [-0.4, -0.2) is 60.7 Å². The summed E-state index contributed by atoms with van der Waals surface area (Å²) in [7, 11) is 2.71. The molecule has 0 radical (unpaired) electrons. The van der Waals surface area contributed by atoms with Gasteiger partial charge in [0.15, 0.2) is 11.3 Å². The quantitative estimate of drug-likeness (QED) is 0.247. The summed E-state index contributed by atoms with van der Waals surface area (Å²) in [6.45, 7) is -2.80. The molecule has 0 bridgehead atoms. The molecule has 238 valence electrons. The van der Waals surface area contributed by atoms with Gasteiger partial charge in [0.2, 0.25) is 5.60 Å². The predicted molar refractivity (Wildman–Crippen MR) is 144 cm³/mol. The molecule has 0 spiro atoms. The van der Waals surface area contributed by atoms with Crippen molar-refractivity contribution in [2.75, 3.05) is 27.4 Å². The molecule has 4 aromatic rings. The first-order chi connectivity index (χ1) is 21.0. The lowest BCUT2D eigenvalue weighted by Gasteiger charge is -2.32. The second-order valence-corrected chi connectivity index (χ2v) is 10.1. The zero-order chi connectivity index (χ0) is 32.9.